The van der Waals surface area contributed by atoms with Gasteiger partial charge in [0.15, 0.2) is 0 Å². The Balaban J connectivity index is 1.99. The van der Waals surface area contributed by atoms with Gasteiger partial charge < -0.3 is 15.8 Å². The first-order valence-electron chi connectivity index (χ1n) is 7.21. The summed E-state index contributed by atoms with van der Waals surface area (Å²) in [6.07, 6.45) is 5.63. The van der Waals surface area contributed by atoms with Crippen molar-refractivity contribution < 1.29 is 9.53 Å². The van der Waals surface area contributed by atoms with Crippen molar-refractivity contribution >= 4 is 5.91 Å². The average Bonchev–Trinajstić information content (AvgIpc) is 2.79. The fraction of sp³-hybridized carbons (Fsp3) is 0.929. The Morgan fingerprint density at radius 2 is 2.22 bits per heavy atom. The van der Waals surface area contributed by atoms with Crippen molar-refractivity contribution in [2.45, 2.75) is 57.6 Å². The van der Waals surface area contributed by atoms with Crippen LogP contribution in [0.25, 0.3) is 0 Å². The summed E-state index contributed by atoms with van der Waals surface area (Å²) in [5, 5.41) is 3.25. The van der Waals surface area contributed by atoms with Crippen molar-refractivity contribution in [3.05, 3.63) is 0 Å². The van der Waals surface area contributed by atoms with E-state index in [4.69, 9.17) is 10.5 Å². The van der Waals surface area contributed by atoms with Crippen LogP contribution in [-0.4, -0.2) is 30.7 Å². The van der Waals surface area contributed by atoms with Crippen molar-refractivity contribution in [1.29, 1.82) is 0 Å². The van der Waals surface area contributed by atoms with Gasteiger partial charge in [-0.3, -0.25) is 4.79 Å². The second-order valence-corrected chi connectivity index (χ2v) is 6.07. The van der Waals surface area contributed by atoms with Gasteiger partial charge in [0.1, 0.15) is 0 Å². The lowest BCUT2D eigenvalue weighted by molar-refractivity contribution is -0.128. The van der Waals surface area contributed by atoms with Crippen molar-refractivity contribution in [3.8, 4) is 0 Å². The van der Waals surface area contributed by atoms with Crippen LogP contribution in [0.15, 0.2) is 0 Å². The zero-order chi connectivity index (χ0) is 13.2. The van der Waals surface area contributed by atoms with Crippen LogP contribution in [0.3, 0.4) is 0 Å². The minimum atomic E-state index is -0.179. The molecule has 18 heavy (non-hydrogen) atoms. The number of carbonyl (C=O) groups excluding carboxylic acids is 1. The highest BCUT2D eigenvalue weighted by Gasteiger charge is 2.40. The Bertz CT molecular complexity index is 308. The highest BCUT2D eigenvalue weighted by atomic mass is 16.5. The predicted octanol–water partition coefficient (Wildman–Crippen LogP) is 1.44. The lowest BCUT2D eigenvalue weighted by Crippen LogP contribution is -2.60. The van der Waals surface area contributed by atoms with E-state index in [2.05, 4.69) is 12.2 Å². The molecule has 4 atom stereocenters. The number of nitrogens with two attached hydrogens (primary N) is 1. The first-order valence-corrected chi connectivity index (χ1v) is 7.21. The van der Waals surface area contributed by atoms with Gasteiger partial charge >= 0.3 is 0 Å². The molecule has 2 fully saturated rings. The molecule has 1 aliphatic carbocycles. The highest BCUT2D eigenvalue weighted by Crippen LogP contribution is 2.33. The van der Waals surface area contributed by atoms with Crippen LogP contribution in [0, 0.1) is 11.8 Å². The number of rotatable bonds is 3. The summed E-state index contributed by atoms with van der Waals surface area (Å²) >= 11 is 0. The molecule has 3 N–H and O–H groups in total. The number of nitrogens with one attached hydrogen (secondary N) is 1. The molecule has 0 bridgehead atoms. The van der Waals surface area contributed by atoms with Gasteiger partial charge in [0.05, 0.1) is 24.2 Å². The Kier molecular flexibility index (Phi) is 4.28. The number of hydrogen-bond acceptors (Lipinski definition) is 3. The fourth-order valence-electron chi connectivity index (χ4n) is 3.30. The Morgan fingerprint density at radius 1 is 1.44 bits per heavy atom. The largest absolute Gasteiger partial charge is 0.378 e. The van der Waals surface area contributed by atoms with Gasteiger partial charge in [0, 0.05) is 6.54 Å². The molecule has 0 radical (unpaired) electrons. The smallest absolute Gasteiger partial charge is 0.226 e. The van der Waals surface area contributed by atoms with E-state index in [0.29, 0.717) is 19.1 Å². The van der Waals surface area contributed by atoms with Gasteiger partial charge in [0.2, 0.25) is 5.91 Å². The van der Waals surface area contributed by atoms with Crippen LogP contribution in [0.5, 0.6) is 0 Å². The minimum Gasteiger partial charge on any atom is -0.378 e. The summed E-state index contributed by atoms with van der Waals surface area (Å²) in [5.74, 6) is 0.621. The van der Waals surface area contributed by atoms with Crippen LogP contribution in [-0.2, 0) is 9.53 Å². The summed E-state index contributed by atoms with van der Waals surface area (Å²) in [6, 6.07) is 0. The number of ether oxygens (including phenoxy) is 1. The summed E-state index contributed by atoms with van der Waals surface area (Å²) in [7, 11) is 0. The topological polar surface area (TPSA) is 64.4 Å². The Labute approximate surface area is 110 Å². The van der Waals surface area contributed by atoms with E-state index in [-0.39, 0.29) is 23.5 Å². The van der Waals surface area contributed by atoms with Gasteiger partial charge in [0.25, 0.3) is 0 Å². The third-order valence-electron chi connectivity index (χ3n) is 4.76. The molecule has 0 aromatic heterocycles. The van der Waals surface area contributed by atoms with E-state index in [1.54, 1.807) is 0 Å². The van der Waals surface area contributed by atoms with E-state index in [1.165, 1.54) is 12.8 Å². The van der Waals surface area contributed by atoms with Crippen LogP contribution in [0.2, 0.25) is 0 Å². The molecule has 4 unspecified atom stereocenters. The SMILES string of the molecule is CC1CC(C(=O)NC2(CN)CCCCC2C)CO1. The molecule has 0 aromatic rings. The van der Waals surface area contributed by atoms with Crippen molar-refractivity contribution in [1.82, 2.24) is 5.32 Å². The molecular formula is C14H26N2O2. The maximum absolute atomic E-state index is 12.3. The van der Waals surface area contributed by atoms with Crippen LogP contribution < -0.4 is 11.1 Å². The van der Waals surface area contributed by atoms with Gasteiger partial charge in [-0.05, 0) is 32.1 Å². The zero-order valence-corrected chi connectivity index (χ0v) is 11.6. The molecule has 2 aliphatic rings. The monoisotopic (exact) mass is 254 g/mol. The highest BCUT2D eigenvalue weighted by molar-refractivity contribution is 5.80. The molecule has 0 aromatic carbocycles. The average molecular weight is 254 g/mol. The minimum absolute atomic E-state index is 0.0116. The van der Waals surface area contributed by atoms with E-state index >= 15 is 0 Å². The first-order chi connectivity index (χ1) is 8.57. The molecule has 1 amide bonds. The molecule has 1 heterocycles. The lowest BCUT2D eigenvalue weighted by Gasteiger charge is -2.43. The molecule has 1 saturated heterocycles. The first kappa shape index (κ1) is 13.8. The van der Waals surface area contributed by atoms with Crippen LogP contribution >= 0.6 is 0 Å². The van der Waals surface area contributed by atoms with Crippen molar-refractivity contribution in [2.24, 2.45) is 17.6 Å². The van der Waals surface area contributed by atoms with Gasteiger partial charge in [-0.2, -0.15) is 0 Å². The molecule has 4 nitrogen and oxygen atoms in total. The maximum Gasteiger partial charge on any atom is 0.226 e. The zero-order valence-electron chi connectivity index (χ0n) is 11.6. The summed E-state index contributed by atoms with van der Waals surface area (Å²) < 4.78 is 5.48. The summed E-state index contributed by atoms with van der Waals surface area (Å²) in [6.45, 7) is 5.33. The normalized spacial score (nSPS) is 40.7. The molecule has 2 rings (SSSR count). The van der Waals surface area contributed by atoms with Gasteiger partial charge in [-0.15, -0.1) is 0 Å². The molecular weight excluding hydrogens is 228 g/mol. The maximum atomic E-state index is 12.3. The third kappa shape index (κ3) is 2.69. The standard InChI is InChI=1S/C14H26N2O2/c1-10-5-3-4-6-14(10,9-15)16-13(17)12-7-11(2)18-8-12/h10-12H,3-9,15H2,1-2H3,(H,16,17). The number of hydrogen-bond donors (Lipinski definition) is 2. The summed E-state index contributed by atoms with van der Waals surface area (Å²) in [4.78, 5) is 12.3. The third-order valence-corrected chi connectivity index (χ3v) is 4.76. The van der Waals surface area contributed by atoms with E-state index in [9.17, 15) is 4.79 Å². The quantitative estimate of drug-likeness (QED) is 0.801. The number of carbonyl (C=O) groups is 1. The molecule has 104 valence electrons. The molecule has 4 heteroatoms. The van der Waals surface area contributed by atoms with E-state index in [1.807, 2.05) is 6.92 Å². The van der Waals surface area contributed by atoms with Crippen LogP contribution in [0.4, 0.5) is 0 Å². The van der Waals surface area contributed by atoms with Crippen LogP contribution in [0.1, 0.15) is 46.0 Å². The van der Waals surface area contributed by atoms with Crippen molar-refractivity contribution in [2.75, 3.05) is 13.2 Å². The second kappa shape index (κ2) is 5.57. The Hall–Kier alpha value is -0.610. The molecule has 1 aliphatic heterocycles. The molecule has 0 spiro atoms. The molecule has 1 saturated carbocycles. The van der Waals surface area contributed by atoms with Gasteiger partial charge in [-0.1, -0.05) is 19.8 Å². The van der Waals surface area contributed by atoms with E-state index < -0.39 is 0 Å². The van der Waals surface area contributed by atoms with Crippen molar-refractivity contribution in [3.63, 3.8) is 0 Å². The second-order valence-electron chi connectivity index (χ2n) is 6.07. The fourth-order valence-corrected chi connectivity index (χ4v) is 3.30. The van der Waals surface area contributed by atoms with E-state index in [0.717, 1.165) is 19.3 Å². The summed E-state index contributed by atoms with van der Waals surface area (Å²) in [5.41, 5.74) is 5.78. The van der Waals surface area contributed by atoms with Gasteiger partial charge in [-0.25, -0.2) is 0 Å². The predicted molar refractivity (Wildman–Crippen MR) is 71.1 cm³/mol. The lowest BCUT2D eigenvalue weighted by atomic mass is 9.73. The Morgan fingerprint density at radius 3 is 2.78 bits per heavy atom. The number of amides is 1.